The molecule has 4 rings (SSSR count). The van der Waals surface area contributed by atoms with Crippen molar-refractivity contribution < 1.29 is 4.79 Å². The zero-order valence-electron chi connectivity index (χ0n) is 17.3. The average molecular weight is 400 g/mol. The molecule has 1 N–H and O–H groups in total. The lowest BCUT2D eigenvalue weighted by molar-refractivity contribution is 0.0952. The monoisotopic (exact) mass is 400 g/mol. The Labute approximate surface area is 174 Å². The highest BCUT2D eigenvalue weighted by Gasteiger charge is 2.10. The number of carbonyl (C=O) groups excluding carboxylic acids is 1. The van der Waals surface area contributed by atoms with Gasteiger partial charge < -0.3 is 9.88 Å². The molecular weight excluding hydrogens is 376 g/mol. The van der Waals surface area contributed by atoms with Crippen molar-refractivity contribution >= 4 is 11.4 Å². The molecule has 0 aliphatic rings. The van der Waals surface area contributed by atoms with Crippen LogP contribution in [0.4, 0.5) is 0 Å². The minimum Gasteiger partial charge on any atom is -0.350 e. The Balaban J connectivity index is 1.50. The maximum atomic E-state index is 12.9. The second-order valence-corrected chi connectivity index (χ2v) is 7.58. The molecule has 0 saturated heterocycles. The number of nitrogens with one attached hydrogen (secondary N) is 1. The summed E-state index contributed by atoms with van der Waals surface area (Å²) in [5.74, 6) is -0.148. The third kappa shape index (κ3) is 3.89. The van der Waals surface area contributed by atoms with Crippen LogP contribution in [0.25, 0.3) is 16.8 Å². The smallest absolute Gasteiger partial charge is 0.276 e. The number of fused-ring (bicyclic) bond motifs is 1. The summed E-state index contributed by atoms with van der Waals surface area (Å²) in [7, 11) is 0. The Kier molecular flexibility index (Phi) is 5.23. The molecule has 0 radical (unpaired) electrons. The summed E-state index contributed by atoms with van der Waals surface area (Å²) in [6.45, 7) is 6.86. The fourth-order valence-corrected chi connectivity index (χ4v) is 3.34. The van der Waals surface area contributed by atoms with Crippen molar-refractivity contribution in [2.75, 3.05) is 6.54 Å². The Morgan fingerprint density at radius 1 is 0.967 bits per heavy atom. The van der Waals surface area contributed by atoms with E-state index in [1.165, 1.54) is 11.1 Å². The predicted octanol–water partition coefficient (Wildman–Crippen LogP) is 3.52. The SMILES string of the molecule is Cc1ccc(C(=O)NCCn2ccn3nc(-c4ccc(C)c(C)c4)cc3c2=O)cc1. The normalized spacial score (nSPS) is 11.0. The standard InChI is InChI=1S/C24H24N4O2/c1-16-4-7-19(8-5-16)23(29)25-10-11-27-12-13-28-22(24(27)30)15-21(26-28)20-9-6-17(2)18(3)14-20/h4-9,12-15H,10-11H2,1-3H3,(H,25,29). The lowest BCUT2D eigenvalue weighted by Crippen LogP contribution is -2.31. The highest BCUT2D eigenvalue weighted by Crippen LogP contribution is 2.21. The molecule has 0 atom stereocenters. The number of hydrogen-bond donors (Lipinski definition) is 1. The zero-order chi connectivity index (χ0) is 21.3. The molecule has 0 unspecified atom stereocenters. The first kappa shape index (κ1) is 19.6. The van der Waals surface area contributed by atoms with Gasteiger partial charge in [0.2, 0.25) is 0 Å². The second-order valence-electron chi connectivity index (χ2n) is 7.58. The Morgan fingerprint density at radius 3 is 2.47 bits per heavy atom. The van der Waals surface area contributed by atoms with Crippen molar-refractivity contribution in [3.8, 4) is 11.3 Å². The Bertz CT molecular complexity index is 1280. The van der Waals surface area contributed by atoms with Gasteiger partial charge in [0.25, 0.3) is 11.5 Å². The summed E-state index contributed by atoms with van der Waals surface area (Å²) in [6.07, 6.45) is 3.47. The van der Waals surface area contributed by atoms with Gasteiger partial charge in [-0.25, -0.2) is 4.52 Å². The Morgan fingerprint density at radius 2 is 1.73 bits per heavy atom. The first-order valence-electron chi connectivity index (χ1n) is 9.94. The van der Waals surface area contributed by atoms with Crippen LogP contribution >= 0.6 is 0 Å². The summed E-state index contributed by atoms with van der Waals surface area (Å²) in [6, 6.07) is 15.4. The van der Waals surface area contributed by atoms with Gasteiger partial charge in [0.1, 0.15) is 5.52 Å². The molecular formula is C24H24N4O2. The molecule has 0 spiro atoms. The van der Waals surface area contributed by atoms with E-state index in [9.17, 15) is 9.59 Å². The van der Waals surface area contributed by atoms with E-state index in [0.717, 1.165) is 16.8 Å². The van der Waals surface area contributed by atoms with Crippen LogP contribution in [0.5, 0.6) is 0 Å². The molecule has 2 aromatic carbocycles. The van der Waals surface area contributed by atoms with Crippen LogP contribution < -0.4 is 10.9 Å². The summed E-state index contributed by atoms with van der Waals surface area (Å²) in [5, 5.41) is 7.41. The van der Waals surface area contributed by atoms with Gasteiger partial charge in [-0.05, 0) is 56.2 Å². The van der Waals surface area contributed by atoms with Gasteiger partial charge in [-0.15, -0.1) is 0 Å². The molecule has 6 heteroatoms. The van der Waals surface area contributed by atoms with Crippen molar-refractivity contribution in [2.24, 2.45) is 0 Å². The molecule has 0 saturated carbocycles. The van der Waals surface area contributed by atoms with Crippen molar-refractivity contribution in [2.45, 2.75) is 27.3 Å². The average Bonchev–Trinajstić information content (AvgIpc) is 3.17. The highest BCUT2D eigenvalue weighted by molar-refractivity contribution is 5.94. The van der Waals surface area contributed by atoms with Crippen LogP contribution in [0.1, 0.15) is 27.0 Å². The molecule has 2 aromatic heterocycles. The van der Waals surface area contributed by atoms with Crippen molar-refractivity contribution in [1.29, 1.82) is 0 Å². The molecule has 30 heavy (non-hydrogen) atoms. The fourth-order valence-electron chi connectivity index (χ4n) is 3.34. The summed E-state index contributed by atoms with van der Waals surface area (Å²) in [4.78, 5) is 25.1. The summed E-state index contributed by atoms with van der Waals surface area (Å²) < 4.78 is 3.20. The molecule has 0 fully saturated rings. The van der Waals surface area contributed by atoms with E-state index in [2.05, 4.69) is 36.4 Å². The number of carbonyl (C=O) groups is 1. The number of nitrogens with zero attached hydrogens (tertiary/aromatic N) is 3. The van der Waals surface area contributed by atoms with Gasteiger partial charge in [0, 0.05) is 36.6 Å². The van der Waals surface area contributed by atoms with E-state index in [1.54, 1.807) is 33.6 Å². The van der Waals surface area contributed by atoms with Gasteiger partial charge in [0.05, 0.1) is 5.69 Å². The molecule has 0 aliphatic carbocycles. The maximum Gasteiger partial charge on any atom is 0.276 e. The van der Waals surface area contributed by atoms with E-state index in [4.69, 9.17) is 0 Å². The number of aryl methyl sites for hydroxylation is 3. The number of benzene rings is 2. The van der Waals surface area contributed by atoms with Gasteiger partial charge in [0.15, 0.2) is 0 Å². The minimum absolute atomic E-state index is 0.135. The predicted molar refractivity (Wildman–Crippen MR) is 118 cm³/mol. The number of aromatic nitrogens is 3. The van der Waals surface area contributed by atoms with Gasteiger partial charge >= 0.3 is 0 Å². The van der Waals surface area contributed by atoms with Gasteiger partial charge in [-0.2, -0.15) is 5.10 Å². The van der Waals surface area contributed by atoms with E-state index < -0.39 is 0 Å². The third-order valence-electron chi connectivity index (χ3n) is 5.36. The van der Waals surface area contributed by atoms with E-state index in [0.29, 0.717) is 24.2 Å². The third-order valence-corrected chi connectivity index (χ3v) is 5.36. The maximum absolute atomic E-state index is 12.9. The second kappa shape index (κ2) is 7.99. The van der Waals surface area contributed by atoms with E-state index in [1.807, 2.05) is 31.2 Å². The number of amides is 1. The van der Waals surface area contributed by atoms with Crippen LogP contribution in [-0.4, -0.2) is 26.6 Å². The lowest BCUT2D eigenvalue weighted by Gasteiger charge is -2.08. The zero-order valence-corrected chi connectivity index (χ0v) is 17.3. The van der Waals surface area contributed by atoms with E-state index in [-0.39, 0.29) is 11.5 Å². The Hall–Kier alpha value is -3.67. The van der Waals surface area contributed by atoms with Gasteiger partial charge in [-0.1, -0.05) is 29.8 Å². The van der Waals surface area contributed by atoms with Crippen LogP contribution in [0.2, 0.25) is 0 Å². The topological polar surface area (TPSA) is 68.4 Å². The molecule has 152 valence electrons. The summed E-state index contributed by atoms with van der Waals surface area (Å²) >= 11 is 0. The number of hydrogen-bond acceptors (Lipinski definition) is 3. The van der Waals surface area contributed by atoms with Gasteiger partial charge in [-0.3, -0.25) is 9.59 Å². The molecule has 6 nitrogen and oxygen atoms in total. The minimum atomic E-state index is -0.148. The lowest BCUT2D eigenvalue weighted by atomic mass is 10.0. The van der Waals surface area contributed by atoms with Crippen LogP contribution in [0.15, 0.2) is 65.7 Å². The van der Waals surface area contributed by atoms with Crippen LogP contribution in [0.3, 0.4) is 0 Å². The van der Waals surface area contributed by atoms with E-state index >= 15 is 0 Å². The largest absolute Gasteiger partial charge is 0.350 e. The first-order chi connectivity index (χ1) is 14.4. The van der Waals surface area contributed by atoms with Crippen molar-refractivity contribution in [3.63, 3.8) is 0 Å². The molecule has 2 heterocycles. The first-order valence-corrected chi connectivity index (χ1v) is 9.94. The molecule has 4 aromatic rings. The highest BCUT2D eigenvalue weighted by atomic mass is 16.1. The fraction of sp³-hybridized carbons (Fsp3) is 0.208. The molecule has 1 amide bonds. The van der Waals surface area contributed by atoms with Crippen LogP contribution in [-0.2, 0) is 6.54 Å². The quantitative estimate of drug-likeness (QED) is 0.557. The molecule has 0 aliphatic heterocycles. The number of rotatable bonds is 5. The van der Waals surface area contributed by atoms with Crippen LogP contribution in [0, 0.1) is 20.8 Å². The van der Waals surface area contributed by atoms with Crippen molar-refractivity contribution in [1.82, 2.24) is 19.5 Å². The van der Waals surface area contributed by atoms with Crippen molar-refractivity contribution in [3.05, 3.63) is 93.5 Å². The molecule has 0 bridgehead atoms. The summed E-state index contributed by atoms with van der Waals surface area (Å²) in [5.41, 5.74) is 6.24.